The summed E-state index contributed by atoms with van der Waals surface area (Å²) in [6.07, 6.45) is 0. The Labute approximate surface area is 94.6 Å². The van der Waals surface area contributed by atoms with Gasteiger partial charge >= 0.3 is 17.2 Å². The SMILES string of the molecule is C[n+]1[nH]oc(=O)c1C(=O)Nc1ccccc1F. The number of halogens is 1. The molecule has 2 N–H and O–H groups in total. The van der Waals surface area contributed by atoms with Gasteiger partial charge in [-0.3, -0.25) is 9.32 Å². The van der Waals surface area contributed by atoms with E-state index in [-0.39, 0.29) is 11.4 Å². The maximum atomic E-state index is 13.3. The van der Waals surface area contributed by atoms with Crippen molar-refractivity contribution in [1.82, 2.24) is 5.27 Å². The van der Waals surface area contributed by atoms with Gasteiger partial charge in [-0.25, -0.2) is 9.18 Å². The average Bonchev–Trinajstić information content (AvgIpc) is 2.62. The third-order valence-electron chi connectivity index (χ3n) is 2.14. The smallest absolute Gasteiger partial charge is 0.314 e. The summed E-state index contributed by atoms with van der Waals surface area (Å²) in [6.45, 7) is 0. The molecule has 0 aliphatic carbocycles. The molecule has 0 saturated heterocycles. The predicted octanol–water partition coefficient (Wildman–Crippen LogP) is 0.184. The monoisotopic (exact) mass is 238 g/mol. The number of carbonyl (C=O) groups is 1. The van der Waals surface area contributed by atoms with Crippen molar-refractivity contribution in [2.75, 3.05) is 5.32 Å². The second-order valence-corrected chi connectivity index (χ2v) is 3.32. The van der Waals surface area contributed by atoms with E-state index in [0.717, 1.165) is 4.68 Å². The van der Waals surface area contributed by atoms with Crippen molar-refractivity contribution in [1.29, 1.82) is 0 Å². The van der Waals surface area contributed by atoms with Crippen molar-refractivity contribution in [2.24, 2.45) is 7.05 Å². The number of nitrogens with zero attached hydrogens (tertiary/aromatic N) is 1. The predicted molar refractivity (Wildman–Crippen MR) is 54.9 cm³/mol. The van der Waals surface area contributed by atoms with E-state index >= 15 is 0 Å². The number of aromatic nitrogens is 2. The highest BCUT2D eigenvalue weighted by molar-refractivity contribution is 6.01. The van der Waals surface area contributed by atoms with Gasteiger partial charge in [-0.2, -0.15) is 0 Å². The molecule has 0 atom stereocenters. The van der Waals surface area contributed by atoms with Crippen LogP contribution < -0.4 is 15.6 Å². The van der Waals surface area contributed by atoms with Crippen molar-refractivity contribution in [3.8, 4) is 0 Å². The number of aryl methyl sites for hydroxylation is 1. The Kier molecular flexibility index (Phi) is 2.73. The lowest BCUT2D eigenvalue weighted by atomic mass is 10.3. The molecule has 1 amide bonds. The quantitative estimate of drug-likeness (QED) is 0.733. The van der Waals surface area contributed by atoms with E-state index in [1.165, 1.54) is 25.2 Å². The summed E-state index contributed by atoms with van der Waals surface area (Å²) >= 11 is 0. The zero-order chi connectivity index (χ0) is 12.4. The molecule has 0 bridgehead atoms. The van der Waals surface area contributed by atoms with E-state index in [9.17, 15) is 14.0 Å². The molecule has 2 aromatic rings. The summed E-state index contributed by atoms with van der Waals surface area (Å²) in [6, 6.07) is 5.66. The summed E-state index contributed by atoms with van der Waals surface area (Å²) in [5.41, 5.74) is -1.06. The topological polar surface area (TPSA) is 79.0 Å². The van der Waals surface area contributed by atoms with Gasteiger partial charge in [0.1, 0.15) is 5.82 Å². The summed E-state index contributed by atoms with van der Waals surface area (Å²) in [7, 11) is 1.43. The number of amides is 1. The maximum absolute atomic E-state index is 13.3. The summed E-state index contributed by atoms with van der Waals surface area (Å²) < 4.78 is 18.8. The molecule has 0 fully saturated rings. The standard InChI is InChI=1S/C10H8FN3O3/c1-14-8(10(16)17-13-14)9(15)12-7-5-3-2-4-6(7)11/h2-5H,1H3,(H-,12,13,15,16)/p+1. The number of rotatable bonds is 2. The molecule has 0 aliphatic heterocycles. The van der Waals surface area contributed by atoms with Crippen molar-refractivity contribution < 1.29 is 18.4 Å². The molecule has 7 heteroatoms. The molecule has 0 unspecified atom stereocenters. The first-order valence-electron chi connectivity index (χ1n) is 4.73. The highest BCUT2D eigenvalue weighted by Crippen LogP contribution is 2.12. The number of hydrogen-bond acceptors (Lipinski definition) is 3. The summed E-state index contributed by atoms with van der Waals surface area (Å²) in [4.78, 5) is 22.9. The third-order valence-corrected chi connectivity index (χ3v) is 2.14. The van der Waals surface area contributed by atoms with Gasteiger partial charge in [0.25, 0.3) is 0 Å². The van der Waals surface area contributed by atoms with E-state index in [4.69, 9.17) is 0 Å². The number of anilines is 1. The molecule has 1 heterocycles. The van der Waals surface area contributed by atoms with Crippen LogP contribution in [0.2, 0.25) is 0 Å². The number of aromatic amines is 1. The number of carbonyl (C=O) groups excluding carboxylic acids is 1. The van der Waals surface area contributed by atoms with Gasteiger partial charge in [0, 0.05) is 0 Å². The zero-order valence-electron chi connectivity index (χ0n) is 8.86. The maximum Gasteiger partial charge on any atom is 0.440 e. The number of hydrogen-bond donors (Lipinski definition) is 2. The fraction of sp³-hybridized carbons (Fsp3) is 0.100. The van der Waals surface area contributed by atoms with E-state index in [1.807, 2.05) is 0 Å². The largest absolute Gasteiger partial charge is 0.440 e. The van der Waals surface area contributed by atoms with Gasteiger partial charge in [0.05, 0.1) is 5.69 Å². The minimum atomic E-state index is -0.818. The fourth-order valence-electron chi connectivity index (χ4n) is 1.33. The zero-order valence-corrected chi connectivity index (χ0v) is 8.86. The first-order chi connectivity index (χ1) is 8.09. The van der Waals surface area contributed by atoms with Crippen LogP contribution in [0.25, 0.3) is 0 Å². The van der Waals surface area contributed by atoms with Crippen LogP contribution in [0, 0.1) is 5.82 Å². The highest BCUT2D eigenvalue weighted by atomic mass is 19.1. The second kappa shape index (κ2) is 4.20. The Morgan fingerprint density at radius 1 is 1.47 bits per heavy atom. The van der Waals surface area contributed by atoms with Crippen molar-refractivity contribution >= 4 is 11.6 Å². The van der Waals surface area contributed by atoms with Gasteiger partial charge in [-0.1, -0.05) is 16.8 Å². The van der Waals surface area contributed by atoms with E-state index in [2.05, 4.69) is 15.1 Å². The van der Waals surface area contributed by atoms with Gasteiger partial charge in [-0.05, 0) is 17.4 Å². The van der Waals surface area contributed by atoms with Crippen LogP contribution in [0.3, 0.4) is 0 Å². The van der Waals surface area contributed by atoms with Crippen LogP contribution in [-0.4, -0.2) is 11.2 Å². The first kappa shape index (κ1) is 11.1. The van der Waals surface area contributed by atoms with Crippen LogP contribution in [0.5, 0.6) is 0 Å². The average molecular weight is 238 g/mol. The number of nitrogens with one attached hydrogen (secondary N) is 2. The number of H-pyrrole nitrogens is 1. The van der Waals surface area contributed by atoms with Crippen molar-refractivity contribution in [3.05, 3.63) is 46.2 Å². The van der Waals surface area contributed by atoms with Crippen LogP contribution in [0.1, 0.15) is 10.5 Å². The minimum Gasteiger partial charge on any atom is -0.314 e. The van der Waals surface area contributed by atoms with Gasteiger partial charge in [0.15, 0.2) is 7.05 Å². The minimum absolute atomic E-state index is 0.00176. The molecule has 1 aromatic carbocycles. The highest BCUT2D eigenvalue weighted by Gasteiger charge is 2.26. The van der Waals surface area contributed by atoms with Crippen LogP contribution in [0.4, 0.5) is 10.1 Å². The lowest BCUT2D eigenvalue weighted by Gasteiger charge is -2.01. The third kappa shape index (κ3) is 2.07. The molecular formula is C10H9FN3O3+. The Balaban J connectivity index is 2.30. The molecule has 0 saturated carbocycles. The summed E-state index contributed by atoms with van der Waals surface area (Å²) in [5, 5.41) is 4.47. The Bertz CT molecular complexity index is 617. The molecule has 0 spiro atoms. The normalized spacial score (nSPS) is 10.2. The van der Waals surface area contributed by atoms with E-state index in [1.54, 1.807) is 6.07 Å². The Morgan fingerprint density at radius 3 is 2.76 bits per heavy atom. The first-order valence-corrected chi connectivity index (χ1v) is 4.73. The van der Waals surface area contributed by atoms with E-state index < -0.39 is 17.3 Å². The van der Waals surface area contributed by atoms with Crippen molar-refractivity contribution in [3.63, 3.8) is 0 Å². The van der Waals surface area contributed by atoms with Gasteiger partial charge < -0.3 is 5.32 Å². The van der Waals surface area contributed by atoms with Gasteiger partial charge in [-0.15, -0.1) is 0 Å². The number of para-hydroxylation sites is 1. The molecular weight excluding hydrogens is 229 g/mol. The van der Waals surface area contributed by atoms with E-state index in [0.29, 0.717) is 0 Å². The molecule has 2 rings (SSSR count). The molecule has 1 aromatic heterocycles. The molecule has 0 aliphatic rings. The Morgan fingerprint density at radius 2 is 2.18 bits per heavy atom. The fourth-order valence-corrected chi connectivity index (χ4v) is 1.33. The summed E-state index contributed by atoms with van der Waals surface area (Å²) in [5.74, 6) is -1.32. The molecule has 6 nitrogen and oxygen atoms in total. The molecule has 0 radical (unpaired) electrons. The molecule has 88 valence electrons. The van der Waals surface area contributed by atoms with Gasteiger partial charge in [0.2, 0.25) is 0 Å². The lowest BCUT2D eigenvalue weighted by Crippen LogP contribution is -2.41. The Hall–Kier alpha value is -2.44. The second-order valence-electron chi connectivity index (χ2n) is 3.32. The van der Waals surface area contributed by atoms with Crippen LogP contribution in [-0.2, 0) is 7.05 Å². The lowest BCUT2D eigenvalue weighted by molar-refractivity contribution is -0.741. The van der Waals surface area contributed by atoms with Crippen LogP contribution in [0.15, 0.2) is 33.6 Å². The van der Waals surface area contributed by atoms with Crippen molar-refractivity contribution in [2.45, 2.75) is 0 Å². The molecule has 17 heavy (non-hydrogen) atoms. The van der Waals surface area contributed by atoms with Crippen LogP contribution >= 0.6 is 0 Å². The number of benzene rings is 1.